The zero-order valence-corrected chi connectivity index (χ0v) is 21.3. The highest BCUT2D eigenvalue weighted by Gasteiger charge is 2.60. The van der Waals surface area contributed by atoms with E-state index in [0.717, 1.165) is 30.1 Å². The second kappa shape index (κ2) is 8.23. The molecule has 0 spiro atoms. The molecule has 1 amide bonds. The molecule has 0 saturated heterocycles. The van der Waals surface area contributed by atoms with Crippen LogP contribution < -0.4 is 0 Å². The smallest absolute Gasteiger partial charge is 0.256 e. The van der Waals surface area contributed by atoms with Crippen molar-refractivity contribution in [3.8, 4) is 0 Å². The standard InChI is InChI=1S/C28H43N3O2/c1-18-10-12-27(2)20(14-18)6-7-21-22-8-9-24(28(22,3)13-11-23(21)27)25(32)17-31-16-19(15-29-31)26(33)30(4)5/h15-16,18,20-24H,6-14,17H2,1-5H3. The second-order valence-electron chi connectivity index (χ2n) is 12.8. The summed E-state index contributed by atoms with van der Waals surface area (Å²) in [5.41, 5.74) is 1.22. The molecular formula is C28H43N3O2. The molecule has 4 aliphatic carbocycles. The number of Topliss-reactive ketones (excluding diaryl/α,β-unsaturated/α-hetero) is 1. The minimum Gasteiger partial charge on any atom is -0.345 e. The Morgan fingerprint density at radius 1 is 1.03 bits per heavy atom. The van der Waals surface area contributed by atoms with Crippen LogP contribution in [0.3, 0.4) is 0 Å². The lowest BCUT2D eigenvalue weighted by Gasteiger charge is -2.61. The van der Waals surface area contributed by atoms with Crippen LogP contribution in [0.25, 0.3) is 0 Å². The molecule has 33 heavy (non-hydrogen) atoms. The van der Waals surface area contributed by atoms with Crippen LogP contribution in [0.15, 0.2) is 12.4 Å². The quantitative estimate of drug-likeness (QED) is 0.609. The number of amides is 1. The van der Waals surface area contributed by atoms with Crippen LogP contribution in [-0.4, -0.2) is 40.5 Å². The average molecular weight is 454 g/mol. The number of hydrogen-bond donors (Lipinski definition) is 0. The number of aromatic nitrogens is 2. The van der Waals surface area contributed by atoms with Crippen LogP contribution >= 0.6 is 0 Å². The fourth-order valence-electron chi connectivity index (χ4n) is 9.09. The van der Waals surface area contributed by atoms with Gasteiger partial charge in [0.15, 0.2) is 5.78 Å². The van der Waals surface area contributed by atoms with E-state index in [9.17, 15) is 9.59 Å². The lowest BCUT2D eigenvalue weighted by Crippen LogP contribution is -2.53. The zero-order chi connectivity index (χ0) is 23.5. The average Bonchev–Trinajstić information content (AvgIpc) is 3.37. The third-order valence-corrected chi connectivity index (χ3v) is 10.9. The fourth-order valence-corrected chi connectivity index (χ4v) is 9.09. The van der Waals surface area contributed by atoms with Gasteiger partial charge in [-0.1, -0.05) is 27.2 Å². The minimum atomic E-state index is -0.0684. The van der Waals surface area contributed by atoms with Gasteiger partial charge in [-0.25, -0.2) is 0 Å². The number of carbonyl (C=O) groups excluding carboxylic acids is 2. The van der Waals surface area contributed by atoms with E-state index in [-0.39, 0.29) is 17.2 Å². The molecule has 0 radical (unpaired) electrons. The molecule has 0 aliphatic heterocycles. The monoisotopic (exact) mass is 453 g/mol. The number of hydrogen-bond acceptors (Lipinski definition) is 3. The fraction of sp³-hybridized carbons (Fsp3) is 0.821. The molecule has 8 atom stereocenters. The molecule has 4 fully saturated rings. The number of ketones is 1. The Morgan fingerprint density at radius 2 is 1.76 bits per heavy atom. The molecule has 5 heteroatoms. The Bertz CT molecular complexity index is 922. The first-order chi connectivity index (χ1) is 15.6. The summed E-state index contributed by atoms with van der Waals surface area (Å²) in [6.07, 6.45) is 15.1. The van der Waals surface area contributed by atoms with Crippen molar-refractivity contribution in [2.45, 2.75) is 85.1 Å². The highest BCUT2D eigenvalue weighted by atomic mass is 16.2. The van der Waals surface area contributed by atoms with Gasteiger partial charge in [0.05, 0.1) is 18.3 Å². The molecule has 4 saturated carbocycles. The zero-order valence-electron chi connectivity index (χ0n) is 21.3. The molecule has 5 nitrogen and oxygen atoms in total. The van der Waals surface area contributed by atoms with E-state index in [1.165, 1.54) is 51.4 Å². The van der Waals surface area contributed by atoms with Gasteiger partial charge in [0.2, 0.25) is 0 Å². The molecule has 0 aromatic carbocycles. The highest BCUT2D eigenvalue weighted by Crippen LogP contribution is 2.67. The van der Waals surface area contributed by atoms with Crippen LogP contribution in [0.1, 0.15) is 88.9 Å². The van der Waals surface area contributed by atoms with Gasteiger partial charge in [0.1, 0.15) is 0 Å². The van der Waals surface area contributed by atoms with Gasteiger partial charge in [-0.05, 0) is 91.8 Å². The van der Waals surface area contributed by atoms with Gasteiger partial charge in [0, 0.05) is 26.2 Å². The molecule has 1 aromatic heterocycles. The molecule has 5 rings (SSSR count). The van der Waals surface area contributed by atoms with Crippen molar-refractivity contribution >= 4 is 11.7 Å². The summed E-state index contributed by atoms with van der Waals surface area (Å²) in [5, 5.41) is 4.33. The van der Waals surface area contributed by atoms with Gasteiger partial charge in [-0.15, -0.1) is 0 Å². The normalized spacial score (nSPS) is 42.2. The van der Waals surface area contributed by atoms with Crippen LogP contribution in [0.5, 0.6) is 0 Å². The van der Waals surface area contributed by atoms with Crippen molar-refractivity contribution in [2.75, 3.05) is 14.1 Å². The summed E-state index contributed by atoms with van der Waals surface area (Å²) in [6.45, 7) is 7.81. The highest BCUT2D eigenvalue weighted by molar-refractivity contribution is 5.93. The Labute approximate surface area is 199 Å². The van der Waals surface area contributed by atoms with Crippen LogP contribution in [0.2, 0.25) is 0 Å². The Balaban J connectivity index is 1.30. The van der Waals surface area contributed by atoms with Crippen molar-refractivity contribution in [3.63, 3.8) is 0 Å². The van der Waals surface area contributed by atoms with E-state index < -0.39 is 0 Å². The maximum atomic E-state index is 13.5. The molecule has 182 valence electrons. The minimum absolute atomic E-state index is 0.0684. The van der Waals surface area contributed by atoms with Crippen molar-refractivity contribution in [2.24, 2.45) is 46.3 Å². The van der Waals surface area contributed by atoms with Crippen molar-refractivity contribution in [3.05, 3.63) is 18.0 Å². The molecule has 0 bridgehead atoms. The van der Waals surface area contributed by atoms with E-state index in [4.69, 9.17) is 0 Å². The summed E-state index contributed by atoms with van der Waals surface area (Å²) in [6, 6.07) is 0. The van der Waals surface area contributed by atoms with Gasteiger partial charge < -0.3 is 4.90 Å². The first-order valence-corrected chi connectivity index (χ1v) is 13.4. The van der Waals surface area contributed by atoms with Crippen LogP contribution in [0.4, 0.5) is 0 Å². The molecular weight excluding hydrogens is 410 g/mol. The van der Waals surface area contributed by atoms with E-state index >= 15 is 0 Å². The number of fused-ring (bicyclic) bond motifs is 5. The summed E-state index contributed by atoms with van der Waals surface area (Å²) in [4.78, 5) is 27.3. The van der Waals surface area contributed by atoms with E-state index in [2.05, 4.69) is 25.9 Å². The van der Waals surface area contributed by atoms with E-state index in [1.54, 1.807) is 36.1 Å². The topological polar surface area (TPSA) is 55.2 Å². The van der Waals surface area contributed by atoms with Crippen molar-refractivity contribution < 1.29 is 9.59 Å². The summed E-state index contributed by atoms with van der Waals surface area (Å²) >= 11 is 0. The Kier molecular flexibility index (Phi) is 5.77. The molecule has 8 unspecified atom stereocenters. The first kappa shape index (κ1) is 23.1. The van der Waals surface area contributed by atoms with Gasteiger partial charge in [0.25, 0.3) is 5.91 Å². The Hall–Kier alpha value is -1.65. The van der Waals surface area contributed by atoms with Gasteiger partial charge >= 0.3 is 0 Å². The predicted molar refractivity (Wildman–Crippen MR) is 130 cm³/mol. The molecule has 1 aromatic rings. The van der Waals surface area contributed by atoms with Gasteiger partial charge in [-0.3, -0.25) is 14.3 Å². The largest absolute Gasteiger partial charge is 0.345 e. The first-order valence-electron chi connectivity index (χ1n) is 13.4. The summed E-state index contributed by atoms with van der Waals surface area (Å²) < 4.78 is 1.68. The van der Waals surface area contributed by atoms with E-state index in [1.807, 2.05) is 0 Å². The number of rotatable bonds is 4. The Morgan fingerprint density at radius 3 is 2.52 bits per heavy atom. The van der Waals surface area contributed by atoms with Crippen LogP contribution in [-0.2, 0) is 11.3 Å². The van der Waals surface area contributed by atoms with Crippen molar-refractivity contribution in [1.82, 2.24) is 14.7 Å². The van der Waals surface area contributed by atoms with Crippen molar-refractivity contribution in [1.29, 1.82) is 0 Å². The number of carbonyl (C=O) groups is 2. The third-order valence-electron chi connectivity index (χ3n) is 10.9. The SMILES string of the molecule is CC1CCC2(C)C(CCC3C2CCC2(C)C(C(=O)Cn4cc(C(=O)N(C)C)cn4)CCC32)C1. The summed E-state index contributed by atoms with van der Waals surface area (Å²) in [5.74, 6) is 4.58. The molecule has 1 heterocycles. The molecule has 0 N–H and O–H groups in total. The number of nitrogens with zero attached hydrogens (tertiary/aromatic N) is 3. The molecule has 4 aliphatic rings. The van der Waals surface area contributed by atoms with Gasteiger partial charge in [-0.2, -0.15) is 5.10 Å². The maximum absolute atomic E-state index is 13.5. The second-order valence-corrected chi connectivity index (χ2v) is 12.8. The predicted octanol–water partition coefficient (Wildman–Crippen LogP) is 5.45. The van der Waals surface area contributed by atoms with E-state index in [0.29, 0.717) is 29.2 Å². The third kappa shape index (κ3) is 3.69. The summed E-state index contributed by atoms with van der Waals surface area (Å²) in [7, 11) is 3.48. The maximum Gasteiger partial charge on any atom is 0.256 e. The lowest BCUT2D eigenvalue weighted by molar-refractivity contribution is -0.137. The van der Waals surface area contributed by atoms with Crippen LogP contribution in [0, 0.1) is 46.3 Å². The lowest BCUT2D eigenvalue weighted by atomic mass is 9.44.